The summed E-state index contributed by atoms with van der Waals surface area (Å²) in [5.41, 5.74) is 1.69. The van der Waals surface area contributed by atoms with Crippen LogP contribution in [0.3, 0.4) is 0 Å². The molecule has 7 nitrogen and oxygen atoms in total. The van der Waals surface area contributed by atoms with Crippen molar-refractivity contribution < 1.29 is 28.6 Å². The van der Waals surface area contributed by atoms with Crippen LogP contribution in [-0.2, 0) is 20.9 Å². The predicted octanol–water partition coefficient (Wildman–Crippen LogP) is 4.26. The average molecular weight is 442 g/mol. The number of carbonyl (C=O) groups is 3. The Bertz CT molecular complexity index is 1000. The molecule has 31 heavy (non-hydrogen) atoms. The van der Waals surface area contributed by atoms with Crippen molar-refractivity contribution in [2.75, 3.05) is 13.7 Å². The molecule has 1 unspecified atom stereocenters. The van der Waals surface area contributed by atoms with E-state index in [9.17, 15) is 14.4 Å². The fraction of sp³-hybridized carbons (Fsp3) is 0.261. The average Bonchev–Trinajstić information content (AvgIpc) is 3.05. The van der Waals surface area contributed by atoms with E-state index in [1.54, 1.807) is 31.2 Å². The van der Waals surface area contributed by atoms with Gasteiger partial charge in [-0.2, -0.15) is 0 Å². The van der Waals surface area contributed by atoms with Crippen LogP contribution >= 0.6 is 11.8 Å². The maximum absolute atomic E-state index is 12.7. The number of thioether (sulfide) groups is 1. The summed E-state index contributed by atoms with van der Waals surface area (Å²) in [5, 5.41) is -0.508. The molecular weight excluding hydrogens is 418 g/mol. The van der Waals surface area contributed by atoms with Gasteiger partial charge in [0.25, 0.3) is 11.1 Å². The summed E-state index contributed by atoms with van der Waals surface area (Å²) < 4.78 is 16.2. The quantitative estimate of drug-likeness (QED) is 0.447. The van der Waals surface area contributed by atoms with E-state index in [1.807, 2.05) is 30.3 Å². The maximum atomic E-state index is 12.7. The number of benzene rings is 2. The highest BCUT2D eigenvalue weighted by molar-refractivity contribution is 8.18. The van der Waals surface area contributed by atoms with Gasteiger partial charge >= 0.3 is 5.97 Å². The van der Waals surface area contributed by atoms with E-state index in [0.717, 1.165) is 22.2 Å². The molecule has 8 heteroatoms. The predicted molar refractivity (Wildman–Crippen MR) is 118 cm³/mol. The van der Waals surface area contributed by atoms with Gasteiger partial charge in [-0.25, -0.2) is 4.79 Å². The van der Waals surface area contributed by atoms with Crippen molar-refractivity contribution in [2.45, 2.75) is 26.5 Å². The summed E-state index contributed by atoms with van der Waals surface area (Å²) in [6, 6.07) is 14.0. The summed E-state index contributed by atoms with van der Waals surface area (Å²) in [6.45, 7) is 3.70. The first-order valence-corrected chi connectivity index (χ1v) is 10.5. The minimum atomic E-state index is -0.985. The van der Waals surface area contributed by atoms with Crippen LogP contribution in [0.4, 0.5) is 4.79 Å². The number of hydrogen-bond donors (Lipinski definition) is 0. The molecule has 1 aliphatic heterocycles. The molecule has 0 N–H and O–H groups in total. The third kappa shape index (κ3) is 5.27. The van der Waals surface area contributed by atoms with Crippen LogP contribution in [-0.4, -0.2) is 41.8 Å². The largest absolute Gasteiger partial charge is 0.493 e. The topological polar surface area (TPSA) is 82.1 Å². The molecule has 0 aromatic heterocycles. The van der Waals surface area contributed by atoms with E-state index >= 15 is 0 Å². The molecule has 1 heterocycles. The molecule has 0 spiro atoms. The van der Waals surface area contributed by atoms with Crippen LogP contribution in [0.25, 0.3) is 6.08 Å². The zero-order valence-electron chi connectivity index (χ0n) is 17.5. The monoisotopic (exact) mass is 441 g/mol. The molecule has 2 aromatic carbocycles. The Morgan fingerprint density at radius 1 is 1.13 bits per heavy atom. The van der Waals surface area contributed by atoms with Crippen molar-refractivity contribution in [1.82, 2.24) is 4.90 Å². The second kappa shape index (κ2) is 10.2. The molecular formula is C23H23NO6S. The van der Waals surface area contributed by atoms with Gasteiger partial charge in [-0.05, 0) is 54.9 Å². The number of nitrogens with zero attached hydrogens (tertiary/aromatic N) is 1. The van der Waals surface area contributed by atoms with Gasteiger partial charge in [-0.15, -0.1) is 0 Å². The van der Waals surface area contributed by atoms with Crippen molar-refractivity contribution in [3.8, 4) is 11.5 Å². The molecule has 0 radical (unpaired) electrons. The molecule has 1 fully saturated rings. The normalized spacial score (nSPS) is 15.8. The second-order valence-corrected chi connectivity index (χ2v) is 7.66. The number of methoxy groups -OCH3 is 1. The highest BCUT2D eigenvalue weighted by Gasteiger charge is 2.41. The zero-order valence-corrected chi connectivity index (χ0v) is 18.3. The lowest BCUT2D eigenvalue weighted by Gasteiger charge is -2.19. The molecule has 1 aliphatic rings. The van der Waals surface area contributed by atoms with Crippen molar-refractivity contribution in [3.63, 3.8) is 0 Å². The third-order valence-corrected chi connectivity index (χ3v) is 5.44. The summed E-state index contributed by atoms with van der Waals surface area (Å²) in [5.74, 6) is -0.0806. The van der Waals surface area contributed by atoms with Crippen molar-refractivity contribution in [2.24, 2.45) is 0 Å². The number of amides is 2. The summed E-state index contributed by atoms with van der Waals surface area (Å²) >= 11 is 0.784. The lowest BCUT2D eigenvalue weighted by molar-refractivity contribution is -0.150. The van der Waals surface area contributed by atoms with Gasteiger partial charge in [0, 0.05) is 0 Å². The van der Waals surface area contributed by atoms with Gasteiger partial charge in [0.2, 0.25) is 0 Å². The fourth-order valence-corrected chi connectivity index (χ4v) is 3.87. The number of esters is 1. The van der Waals surface area contributed by atoms with Crippen molar-refractivity contribution in [3.05, 3.63) is 64.6 Å². The number of rotatable bonds is 8. The minimum Gasteiger partial charge on any atom is -0.493 e. The molecule has 0 aliphatic carbocycles. The van der Waals surface area contributed by atoms with Gasteiger partial charge in [0.05, 0.1) is 18.6 Å². The molecule has 2 amide bonds. The lowest BCUT2D eigenvalue weighted by atomic mass is 10.1. The van der Waals surface area contributed by atoms with Crippen LogP contribution in [0.1, 0.15) is 25.0 Å². The van der Waals surface area contributed by atoms with Gasteiger partial charge in [-0.1, -0.05) is 36.4 Å². The van der Waals surface area contributed by atoms with Crippen molar-refractivity contribution in [1.29, 1.82) is 0 Å². The van der Waals surface area contributed by atoms with Gasteiger partial charge in [0.1, 0.15) is 12.6 Å². The van der Waals surface area contributed by atoms with E-state index in [0.29, 0.717) is 23.7 Å². The Morgan fingerprint density at radius 3 is 2.55 bits per heavy atom. The van der Waals surface area contributed by atoms with E-state index < -0.39 is 23.2 Å². The van der Waals surface area contributed by atoms with Crippen LogP contribution in [0.2, 0.25) is 0 Å². The Kier molecular flexibility index (Phi) is 7.36. The minimum absolute atomic E-state index is 0.174. The summed E-state index contributed by atoms with van der Waals surface area (Å²) in [4.78, 5) is 38.1. The third-order valence-electron chi connectivity index (χ3n) is 4.56. The van der Waals surface area contributed by atoms with Gasteiger partial charge < -0.3 is 14.2 Å². The van der Waals surface area contributed by atoms with E-state index in [4.69, 9.17) is 14.2 Å². The summed E-state index contributed by atoms with van der Waals surface area (Å²) in [6.07, 6.45) is 1.59. The Hall–Kier alpha value is -3.26. The standard InChI is InChI=1S/C23H23NO6S/c1-4-29-22(26)15(2)24-21(25)20(31-23(24)27)13-17-10-11-18(19(12-17)28-3)30-14-16-8-6-5-7-9-16/h5-13,15H,4,14H2,1-3H3/b20-13+. The number of carbonyl (C=O) groups excluding carboxylic acids is 3. The molecule has 0 saturated carbocycles. The molecule has 2 aromatic rings. The number of ether oxygens (including phenoxy) is 3. The van der Waals surface area contributed by atoms with Crippen LogP contribution < -0.4 is 9.47 Å². The zero-order chi connectivity index (χ0) is 22.4. The second-order valence-electron chi connectivity index (χ2n) is 6.66. The van der Waals surface area contributed by atoms with Crippen LogP contribution in [0.5, 0.6) is 11.5 Å². The van der Waals surface area contributed by atoms with E-state index in [1.165, 1.54) is 14.0 Å². The smallest absolute Gasteiger partial charge is 0.329 e. The molecule has 3 rings (SSSR count). The SMILES string of the molecule is CCOC(=O)C(C)N1C(=O)S/C(=C/c2ccc(OCc3ccccc3)c(OC)c2)C1=O. The Balaban J connectivity index is 1.76. The number of imide groups is 1. The van der Waals surface area contributed by atoms with E-state index in [2.05, 4.69) is 0 Å². The molecule has 162 valence electrons. The molecule has 1 saturated heterocycles. The highest BCUT2D eigenvalue weighted by Crippen LogP contribution is 2.35. The maximum Gasteiger partial charge on any atom is 0.329 e. The molecule has 0 bridgehead atoms. The Labute approximate surface area is 185 Å². The van der Waals surface area contributed by atoms with E-state index in [-0.39, 0.29) is 11.5 Å². The van der Waals surface area contributed by atoms with Gasteiger partial charge in [0.15, 0.2) is 11.5 Å². The summed E-state index contributed by atoms with van der Waals surface area (Å²) in [7, 11) is 1.53. The Morgan fingerprint density at radius 2 is 1.87 bits per heavy atom. The van der Waals surface area contributed by atoms with Gasteiger partial charge in [-0.3, -0.25) is 14.5 Å². The molecule has 1 atom stereocenters. The first-order chi connectivity index (χ1) is 14.9. The number of hydrogen-bond acceptors (Lipinski definition) is 7. The van der Waals surface area contributed by atoms with Crippen LogP contribution in [0.15, 0.2) is 53.4 Å². The first-order valence-electron chi connectivity index (χ1n) is 9.73. The van der Waals surface area contributed by atoms with Crippen LogP contribution in [0, 0.1) is 0 Å². The fourth-order valence-electron chi connectivity index (χ4n) is 2.96. The van der Waals surface area contributed by atoms with Crippen molar-refractivity contribution >= 4 is 35.0 Å². The first kappa shape index (κ1) is 22.4. The lowest BCUT2D eigenvalue weighted by Crippen LogP contribution is -2.42. The highest BCUT2D eigenvalue weighted by atomic mass is 32.2.